The largest absolute Gasteiger partial charge is 0.460 e. The summed E-state index contributed by atoms with van der Waals surface area (Å²) in [5.74, 6) is -0.769. The van der Waals surface area contributed by atoms with Gasteiger partial charge < -0.3 is 36.1 Å². The summed E-state index contributed by atoms with van der Waals surface area (Å²) in [6.07, 6.45) is 3.31. The van der Waals surface area contributed by atoms with Gasteiger partial charge in [0.25, 0.3) is 0 Å². The third kappa shape index (κ3) is 15.8. The van der Waals surface area contributed by atoms with Gasteiger partial charge in [-0.3, -0.25) is 14.6 Å². The molecule has 0 spiro atoms. The number of thiazole rings is 2. The number of carbonyl (C=O) groups excluding carboxylic acids is 4. The molecule has 0 bridgehead atoms. The molecular weight excluding hydrogens is 775 g/mol. The molecule has 2 aromatic heterocycles. The minimum Gasteiger partial charge on any atom is -0.460 e. The van der Waals surface area contributed by atoms with Crippen molar-refractivity contribution >= 4 is 46.7 Å². The van der Waals surface area contributed by atoms with E-state index in [1.807, 2.05) is 79.9 Å². The molecule has 2 heterocycles. The van der Waals surface area contributed by atoms with Crippen LogP contribution in [0, 0.1) is 5.92 Å². The highest BCUT2D eigenvalue weighted by Crippen LogP contribution is 2.21. The third-order valence-electron chi connectivity index (χ3n) is 9.47. The molecule has 4 amide bonds. The average molecular weight is 834 g/mol. The van der Waals surface area contributed by atoms with Crippen LogP contribution in [0.4, 0.5) is 9.59 Å². The number of urea groups is 1. The van der Waals surface area contributed by atoms with Crippen molar-refractivity contribution in [1.29, 1.82) is 0 Å². The van der Waals surface area contributed by atoms with E-state index in [2.05, 4.69) is 39.8 Å². The fourth-order valence-electron chi connectivity index (χ4n) is 6.32. The maximum Gasteiger partial charge on any atom is 0.407 e. The van der Waals surface area contributed by atoms with E-state index in [1.165, 1.54) is 16.2 Å². The fourth-order valence-corrected chi connectivity index (χ4v) is 7.65. The molecule has 15 heteroatoms. The highest BCUT2D eigenvalue weighted by molar-refractivity contribution is 7.09. The number of hydrogen-bond acceptors (Lipinski definition) is 11. The Bertz CT molecular complexity index is 1820. The second-order valence-electron chi connectivity index (χ2n) is 15.1. The first-order valence-corrected chi connectivity index (χ1v) is 21.7. The summed E-state index contributed by atoms with van der Waals surface area (Å²) < 4.78 is 11.8. The van der Waals surface area contributed by atoms with Crippen molar-refractivity contribution in [1.82, 2.24) is 30.8 Å². The number of amides is 4. The number of nitrogens with two attached hydrogens (primary N) is 1. The molecule has 0 radical (unpaired) electrons. The highest BCUT2D eigenvalue weighted by atomic mass is 32.1. The summed E-state index contributed by atoms with van der Waals surface area (Å²) >= 11 is 2.94. The van der Waals surface area contributed by atoms with E-state index >= 15 is 0 Å². The predicted octanol–water partition coefficient (Wildman–Crippen LogP) is 6.98. The van der Waals surface area contributed by atoms with Gasteiger partial charge in [0, 0.05) is 43.4 Å². The lowest BCUT2D eigenvalue weighted by molar-refractivity contribution is -0.151. The van der Waals surface area contributed by atoms with Crippen LogP contribution in [0.2, 0.25) is 0 Å². The Labute approximate surface area is 350 Å². The summed E-state index contributed by atoms with van der Waals surface area (Å²) in [5, 5.41) is 12.1. The first-order valence-electron chi connectivity index (χ1n) is 20.0. The van der Waals surface area contributed by atoms with Crippen LogP contribution in [-0.4, -0.2) is 76.7 Å². The van der Waals surface area contributed by atoms with Crippen LogP contribution in [-0.2, 0) is 45.1 Å². The van der Waals surface area contributed by atoms with Crippen LogP contribution in [0.15, 0.2) is 77.8 Å². The number of ether oxygens (including phenoxy) is 2. The van der Waals surface area contributed by atoms with Crippen molar-refractivity contribution < 1.29 is 28.7 Å². The molecule has 4 rings (SSSR count). The minimum atomic E-state index is -0.876. The Kier molecular flexibility index (Phi) is 19.1. The smallest absolute Gasteiger partial charge is 0.407 e. The Morgan fingerprint density at radius 1 is 0.862 bits per heavy atom. The molecule has 4 atom stereocenters. The van der Waals surface area contributed by atoms with E-state index in [4.69, 9.17) is 15.2 Å². The lowest BCUT2D eigenvalue weighted by atomic mass is 9.92. The van der Waals surface area contributed by atoms with E-state index in [-0.39, 0.29) is 37.2 Å². The number of esters is 1. The van der Waals surface area contributed by atoms with E-state index in [9.17, 15) is 19.2 Å². The molecule has 0 aliphatic carbocycles. The molecule has 0 saturated carbocycles. The van der Waals surface area contributed by atoms with Gasteiger partial charge in [0.15, 0.2) is 0 Å². The normalized spacial score (nSPS) is 13.3. The summed E-state index contributed by atoms with van der Waals surface area (Å²) in [7, 11) is 1.68. The van der Waals surface area contributed by atoms with Crippen molar-refractivity contribution in [3.8, 4) is 0 Å². The molecule has 0 fully saturated rings. The van der Waals surface area contributed by atoms with Gasteiger partial charge in [-0.1, -0.05) is 94.8 Å². The van der Waals surface area contributed by atoms with Gasteiger partial charge in [0.1, 0.15) is 18.8 Å². The fraction of sp³-hybridized carbons (Fsp3) is 0.488. The molecule has 4 aromatic rings. The van der Waals surface area contributed by atoms with Gasteiger partial charge in [0.2, 0.25) is 5.91 Å². The first-order chi connectivity index (χ1) is 27.9. The molecule has 314 valence electrons. The monoisotopic (exact) mass is 833 g/mol. The van der Waals surface area contributed by atoms with Crippen LogP contribution in [0.5, 0.6) is 0 Å². The molecule has 58 heavy (non-hydrogen) atoms. The molecule has 0 aliphatic rings. The second kappa shape index (κ2) is 24.2. The van der Waals surface area contributed by atoms with Gasteiger partial charge in [-0.2, -0.15) is 0 Å². The second-order valence-corrected chi connectivity index (χ2v) is 17.0. The predicted molar refractivity (Wildman–Crippen MR) is 228 cm³/mol. The van der Waals surface area contributed by atoms with Crippen molar-refractivity contribution in [2.75, 3.05) is 13.6 Å². The maximum absolute atomic E-state index is 14.3. The van der Waals surface area contributed by atoms with Crippen LogP contribution in [0.25, 0.3) is 0 Å². The van der Waals surface area contributed by atoms with E-state index in [0.717, 1.165) is 39.5 Å². The molecular formula is C43H59N7O6S2. The summed E-state index contributed by atoms with van der Waals surface area (Å²) in [5.41, 5.74) is 9.99. The third-order valence-corrected chi connectivity index (χ3v) is 11.4. The molecule has 0 aliphatic heterocycles. The van der Waals surface area contributed by atoms with Gasteiger partial charge >= 0.3 is 18.1 Å². The number of rotatable bonds is 23. The SMILES string of the molecule is CC(C)c1nc(CN(C)C(=O)N[C@H](C(=O)N[C@@H](Cc2ccccc2)C[C@H](OC(=O)CCCCCN)[C@H](Cc2ccccc2)NC(=O)OCc2cncs2)C(C)C)cs1. The Morgan fingerprint density at radius 2 is 1.55 bits per heavy atom. The zero-order valence-corrected chi connectivity index (χ0v) is 35.9. The number of carbonyl (C=O) groups is 4. The van der Waals surface area contributed by atoms with E-state index in [0.29, 0.717) is 32.4 Å². The van der Waals surface area contributed by atoms with Crippen LogP contribution in [0.1, 0.15) is 92.4 Å². The molecule has 0 unspecified atom stereocenters. The number of nitrogens with one attached hydrogen (secondary N) is 3. The lowest BCUT2D eigenvalue weighted by Crippen LogP contribution is -2.56. The van der Waals surface area contributed by atoms with E-state index < -0.39 is 42.3 Å². The Balaban J connectivity index is 1.60. The number of alkyl carbamates (subject to hydrolysis) is 1. The quantitative estimate of drug-likeness (QED) is 0.0454. The summed E-state index contributed by atoms with van der Waals surface area (Å²) in [6, 6.07) is 16.7. The Hall–Kier alpha value is -4.86. The van der Waals surface area contributed by atoms with E-state index in [1.54, 1.807) is 30.1 Å². The van der Waals surface area contributed by atoms with Crippen LogP contribution in [0.3, 0.4) is 0 Å². The van der Waals surface area contributed by atoms with Gasteiger partial charge in [-0.25, -0.2) is 14.6 Å². The topological polar surface area (TPSA) is 178 Å². The summed E-state index contributed by atoms with van der Waals surface area (Å²) in [6.45, 7) is 8.76. The average Bonchev–Trinajstić information content (AvgIpc) is 3.91. The molecule has 5 N–H and O–H groups in total. The van der Waals surface area contributed by atoms with Gasteiger partial charge in [-0.15, -0.1) is 22.7 Å². The Morgan fingerprint density at radius 3 is 2.16 bits per heavy atom. The summed E-state index contributed by atoms with van der Waals surface area (Å²) in [4.78, 5) is 65.6. The van der Waals surface area contributed by atoms with Gasteiger partial charge in [-0.05, 0) is 49.3 Å². The van der Waals surface area contributed by atoms with Gasteiger partial charge in [0.05, 0.1) is 33.7 Å². The van der Waals surface area contributed by atoms with Crippen LogP contribution >= 0.6 is 22.7 Å². The number of nitrogens with zero attached hydrogens (tertiary/aromatic N) is 3. The van der Waals surface area contributed by atoms with Crippen molar-refractivity contribution in [3.63, 3.8) is 0 Å². The maximum atomic E-state index is 14.3. The molecule has 0 saturated heterocycles. The first kappa shape index (κ1) is 45.8. The number of aromatic nitrogens is 2. The molecule has 2 aromatic carbocycles. The molecule has 13 nitrogen and oxygen atoms in total. The van der Waals surface area contributed by atoms with Crippen molar-refractivity contribution in [2.45, 2.75) is 116 Å². The zero-order valence-electron chi connectivity index (χ0n) is 34.2. The van der Waals surface area contributed by atoms with Crippen molar-refractivity contribution in [2.24, 2.45) is 11.7 Å². The zero-order chi connectivity index (χ0) is 41.9. The number of unbranched alkanes of at least 4 members (excludes halogenated alkanes) is 2. The van der Waals surface area contributed by atoms with Crippen LogP contribution < -0.4 is 21.7 Å². The lowest BCUT2D eigenvalue weighted by Gasteiger charge is -2.32. The van der Waals surface area contributed by atoms with Crippen molar-refractivity contribution in [3.05, 3.63) is 104 Å². The standard InChI is InChI=1S/C43H59N7O6S2/c1-29(2)39(49-42(53)50(5)25-34-27-57-41(47-34)30(3)4)40(52)46-33(21-31-15-9-6-10-16-31)23-37(56-38(51)19-13-8-14-20-44)36(22-32-17-11-7-12-18-32)48-43(54)55-26-35-24-45-28-58-35/h6-7,9-12,15-18,24,27-30,33,36-37,39H,8,13-14,19-23,25-26,44H2,1-5H3,(H,46,52)(H,48,54)(H,49,53)/t33-,36-,37-,39-/m0/s1. The number of benzene rings is 2. The minimum absolute atomic E-state index is 0.0348. The number of hydrogen-bond donors (Lipinski definition) is 4. The highest BCUT2D eigenvalue weighted by Gasteiger charge is 2.33.